The van der Waals surface area contributed by atoms with E-state index in [2.05, 4.69) is 44.3 Å². The van der Waals surface area contributed by atoms with Crippen LogP contribution in [0.2, 0.25) is 0 Å². The highest BCUT2D eigenvalue weighted by Crippen LogP contribution is 2.11. The maximum atomic E-state index is 12.1. The SMILES string of the molecule is O=C(C[n+]1cc(=O)o[nH]1)NC1CCCN(CCc2ccccc2)C1. The fraction of sp³-hybridized carbons (Fsp3) is 0.471. The zero-order chi connectivity index (χ0) is 16.8. The number of hydrogen-bond acceptors (Lipinski definition) is 4. The second kappa shape index (κ2) is 7.92. The molecule has 1 aromatic carbocycles. The number of benzene rings is 1. The number of aromatic nitrogens is 2. The summed E-state index contributed by atoms with van der Waals surface area (Å²) < 4.78 is 5.88. The van der Waals surface area contributed by atoms with Crippen LogP contribution >= 0.6 is 0 Å². The molecule has 7 nitrogen and oxygen atoms in total. The van der Waals surface area contributed by atoms with Crippen molar-refractivity contribution >= 4 is 5.91 Å². The zero-order valence-corrected chi connectivity index (χ0v) is 13.6. The van der Waals surface area contributed by atoms with E-state index in [0.29, 0.717) is 0 Å². The van der Waals surface area contributed by atoms with Crippen LogP contribution in [-0.4, -0.2) is 41.8 Å². The van der Waals surface area contributed by atoms with Crippen molar-refractivity contribution in [1.29, 1.82) is 0 Å². The van der Waals surface area contributed by atoms with Gasteiger partial charge in [-0.1, -0.05) is 35.0 Å². The third-order valence-electron chi connectivity index (χ3n) is 4.27. The Morgan fingerprint density at radius 1 is 1.38 bits per heavy atom. The molecule has 1 fully saturated rings. The van der Waals surface area contributed by atoms with Crippen molar-refractivity contribution < 1.29 is 14.0 Å². The maximum absolute atomic E-state index is 12.1. The molecule has 7 heteroatoms. The average molecular weight is 331 g/mol. The summed E-state index contributed by atoms with van der Waals surface area (Å²) in [4.78, 5) is 25.4. The Balaban J connectivity index is 1.44. The molecule has 3 rings (SSSR count). The van der Waals surface area contributed by atoms with Crippen LogP contribution in [0, 0.1) is 0 Å². The van der Waals surface area contributed by atoms with Gasteiger partial charge in [0, 0.05) is 19.1 Å². The van der Waals surface area contributed by atoms with E-state index in [1.807, 2.05) is 6.07 Å². The lowest BCUT2D eigenvalue weighted by Crippen LogP contribution is -2.52. The van der Waals surface area contributed by atoms with Gasteiger partial charge in [0.15, 0.2) is 0 Å². The lowest BCUT2D eigenvalue weighted by Gasteiger charge is -2.32. The smallest absolute Gasteiger partial charge is 0.347 e. The van der Waals surface area contributed by atoms with Crippen molar-refractivity contribution in [2.24, 2.45) is 0 Å². The molecule has 0 bridgehead atoms. The van der Waals surface area contributed by atoms with E-state index < -0.39 is 5.63 Å². The highest BCUT2D eigenvalue weighted by atomic mass is 16.5. The lowest BCUT2D eigenvalue weighted by molar-refractivity contribution is -0.751. The van der Waals surface area contributed by atoms with E-state index in [1.165, 1.54) is 16.4 Å². The first-order valence-electron chi connectivity index (χ1n) is 8.32. The Hall–Kier alpha value is -2.41. The van der Waals surface area contributed by atoms with Crippen LogP contribution in [0.25, 0.3) is 0 Å². The first kappa shape index (κ1) is 16.4. The highest BCUT2D eigenvalue weighted by Gasteiger charge is 2.23. The normalized spacial score (nSPS) is 18.4. The summed E-state index contributed by atoms with van der Waals surface area (Å²) in [6.07, 6.45) is 4.32. The van der Waals surface area contributed by atoms with Gasteiger partial charge in [0.1, 0.15) is 0 Å². The topological polar surface area (TPSA) is 82.2 Å². The number of piperidine rings is 1. The molecule has 128 valence electrons. The largest absolute Gasteiger partial charge is 0.426 e. The summed E-state index contributed by atoms with van der Waals surface area (Å²) in [5, 5.41) is 5.42. The number of nitrogens with zero attached hydrogens (tertiary/aromatic N) is 2. The van der Waals surface area contributed by atoms with Gasteiger partial charge in [0.05, 0.1) is 0 Å². The van der Waals surface area contributed by atoms with Crippen LogP contribution in [0.15, 0.2) is 45.8 Å². The summed E-state index contributed by atoms with van der Waals surface area (Å²) in [6, 6.07) is 10.6. The molecule has 24 heavy (non-hydrogen) atoms. The summed E-state index contributed by atoms with van der Waals surface area (Å²) >= 11 is 0. The fourth-order valence-electron chi connectivity index (χ4n) is 3.10. The van der Waals surface area contributed by atoms with Crippen molar-refractivity contribution in [2.45, 2.75) is 31.8 Å². The van der Waals surface area contributed by atoms with Crippen LogP contribution in [0.4, 0.5) is 0 Å². The maximum Gasteiger partial charge on any atom is 0.426 e. The van der Waals surface area contributed by atoms with E-state index in [-0.39, 0.29) is 18.5 Å². The number of hydrogen-bond donors (Lipinski definition) is 2. The minimum atomic E-state index is -0.493. The highest BCUT2D eigenvalue weighted by molar-refractivity contribution is 5.74. The molecule has 2 N–H and O–H groups in total. The molecule has 1 aromatic heterocycles. The molecule has 1 aliphatic heterocycles. The summed E-state index contributed by atoms with van der Waals surface area (Å²) in [6.45, 7) is 3.00. The minimum Gasteiger partial charge on any atom is -0.347 e. The fourth-order valence-corrected chi connectivity index (χ4v) is 3.10. The van der Waals surface area contributed by atoms with Crippen LogP contribution < -0.4 is 15.6 Å². The van der Waals surface area contributed by atoms with Gasteiger partial charge in [0.25, 0.3) is 18.6 Å². The van der Waals surface area contributed by atoms with Gasteiger partial charge in [-0.25, -0.2) is 4.79 Å². The van der Waals surface area contributed by atoms with Crippen molar-refractivity contribution in [3.8, 4) is 0 Å². The van der Waals surface area contributed by atoms with Crippen molar-refractivity contribution in [2.75, 3.05) is 19.6 Å². The van der Waals surface area contributed by atoms with E-state index >= 15 is 0 Å². The van der Waals surface area contributed by atoms with E-state index in [0.717, 1.165) is 38.9 Å². The molecular weight excluding hydrogens is 308 g/mol. The predicted octanol–water partition coefficient (Wildman–Crippen LogP) is 0.0787. The second-order valence-electron chi connectivity index (χ2n) is 6.21. The van der Waals surface area contributed by atoms with Crippen molar-refractivity contribution in [1.82, 2.24) is 15.5 Å². The molecule has 1 aliphatic rings. The van der Waals surface area contributed by atoms with Crippen molar-refractivity contribution in [3.05, 3.63) is 52.5 Å². The number of carbonyl (C=O) groups excluding carboxylic acids is 1. The number of H-pyrrole nitrogens is 1. The number of amides is 1. The molecule has 1 unspecified atom stereocenters. The first-order chi connectivity index (χ1) is 11.7. The lowest BCUT2D eigenvalue weighted by atomic mass is 10.0. The molecule has 2 heterocycles. The van der Waals surface area contributed by atoms with E-state index in [1.54, 1.807) is 0 Å². The van der Waals surface area contributed by atoms with Gasteiger partial charge in [-0.15, -0.1) is 0 Å². The Labute approximate surface area is 140 Å². The number of likely N-dealkylation sites (tertiary alicyclic amines) is 1. The standard InChI is InChI=1S/C17H22N4O3/c22-16(12-21-13-17(23)24-19-21)18-15-7-4-9-20(11-15)10-8-14-5-2-1-3-6-14/h1-3,5-6,13,15H,4,7-12H2,(H-,18,19,22,23)/p+1. The van der Waals surface area contributed by atoms with Gasteiger partial charge in [-0.05, 0) is 36.6 Å². The monoisotopic (exact) mass is 331 g/mol. The van der Waals surface area contributed by atoms with Gasteiger partial charge in [-0.3, -0.25) is 9.32 Å². The summed E-state index contributed by atoms with van der Waals surface area (Å²) in [5.41, 5.74) is 0.844. The number of rotatable bonds is 6. The average Bonchev–Trinajstić information content (AvgIpc) is 2.99. The zero-order valence-electron chi connectivity index (χ0n) is 13.6. The van der Waals surface area contributed by atoms with E-state index in [9.17, 15) is 9.59 Å². The van der Waals surface area contributed by atoms with Crippen LogP contribution in [0.5, 0.6) is 0 Å². The number of aromatic amines is 1. The Morgan fingerprint density at radius 2 is 2.21 bits per heavy atom. The minimum absolute atomic E-state index is 0.0618. The molecule has 1 saturated heterocycles. The van der Waals surface area contributed by atoms with E-state index in [4.69, 9.17) is 0 Å². The molecule has 0 aliphatic carbocycles. The van der Waals surface area contributed by atoms with Crippen LogP contribution in [0.1, 0.15) is 18.4 Å². The van der Waals surface area contributed by atoms with Crippen LogP contribution in [-0.2, 0) is 17.8 Å². The number of carbonyl (C=O) groups is 1. The Morgan fingerprint density at radius 3 is 2.96 bits per heavy atom. The molecular formula is C17H23N4O3+. The quantitative estimate of drug-likeness (QED) is 0.735. The molecule has 1 amide bonds. The predicted molar refractivity (Wildman–Crippen MR) is 87.3 cm³/mol. The molecule has 0 spiro atoms. The molecule has 0 saturated carbocycles. The van der Waals surface area contributed by atoms with Gasteiger partial charge >= 0.3 is 5.63 Å². The number of nitrogens with one attached hydrogen (secondary N) is 2. The van der Waals surface area contributed by atoms with Gasteiger partial charge in [-0.2, -0.15) is 0 Å². The van der Waals surface area contributed by atoms with Gasteiger partial charge in [0.2, 0.25) is 0 Å². The Bertz CT molecular complexity index is 710. The summed E-state index contributed by atoms with van der Waals surface area (Å²) in [7, 11) is 0. The first-order valence-corrected chi connectivity index (χ1v) is 8.32. The third kappa shape index (κ3) is 4.79. The molecule has 1 atom stereocenters. The summed E-state index contributed by atoms with van der Waals surface area (Å²) in [5.74, 6) is -0.119. The Kier molecular flexibility index (Phi) is 5.43. The molecule has 0 radical (unpaired) electrons. The van der Waals surface area contributed by atoms with Crippen molar-refractivity contribution in [3.63, 3.8) is 0 Å². The third-order valence-corrected chi connectivity index (χ3v) is 4.27. The molecule has 2 aromatic rings. The van der Waals surface area contributed by atoms with Crippen LogP contribution in [0.3, 0.4) is 0 Å². The van der Waals surface area contributed by atoms with Gasteiger partial charge < -0.3 is 10.2 Å². The second-order valence-corrected chi connectivity index (χ2v) is 6.21.